The number of nitrogens with zero attached hydrogens (tertiary/aromatic N) is 4. The molecule has 3 saturated heterocycles. The molecule has 3 aliphatic heterocycles. The van der Waals surface area contributed by atoms with E-state index in [0.29, 0.717) is 44.9 Å². The predicted octanol–water partition coefficient (Wildman–Crippen LogP) is 4.72. The fourth-order valence-corrected chi connectivity index (χ4v) is 6.73. The predicted molar refractivity (Wildman–Crippen MR) is 158 cm³/mol. The number of benzene rings is 2. The summed E-state index contributed by atoms with van der Waals surface area (Å²) in [5.41, 5.74) is 1.65. The van der Waals surface area contributed by atoms with E-state index < -0.39 is 5.54 Å². The molecule has 3 heterocycles. The van der Waals surface area contributed by atoms with E-state index in [0.717, 1.165) is 57.3 Å². The van der Waals surface area contributed by atoms with Crippen LogP contribution in [0.15, 0.2) is 60.7 Å². The highest BCUT2D eigenvalue weighted by Gasteiger charge is 2.54. The summed E-state index contributed by atoms with van der Waals surface area (Å²) >= 11 is 0. The Hall–Kier alpha value is -3.35. The van der Waals surface area contributed by atoms with E-state index in [1.54, 1.807) is 4.90 Å². The highest BCUT2D eigenvalue weighted by Crippen LogP contribution is 2.39. The second-order valence-corrected chi connectivity index (χ2v) is 11.8. The average Bonchev–Trinajstić information content (AvgIpc) is 3.25. The van der Waals surface area contributed by atoms with Gasteiger partial charge in [-0.3, -0.25) is 14.4 Å². The molecular formula is C33H44N4O3. The number of carbonyl (C=O) groups excluding carboxylic acids is 3. The number of anilines is 1. The molecule has 0 saturated carbocycles. The van der Waals surface area contributed by atoms with Gasteiger partial charge < -0.3 is 19.6 Å². The summed E-state index contributed by atoms with van der Waals surface area (Å²) in [6.45, 7) is 5.33. The third-order valence-electron chi connectivity index (χ3n) is 9.18. The summed E-state index contributed by atoms with van der Waals surface area (Å²) in [4.78, 5) is 48.1. The van der Waals surface area contributed by atoms with Crippen molar-refractivity contribution in [1.82, 2.24) is 14.7 Å². The maximum absolute atomic E-state index is 14.0. The number of likely N-dealkylation sites (tertiary alicyclic amines) is 2. The van der Waals surface area contributed by atoms with Gasteiger partial charge in [0.2, 0.25) is 11.8 Å². The molecule has 0 aliphatic carbocycles. The van der Waals surface area contributed by atoms with Crippen molar-refractivity contribution in [2.45, 2.75) is 70.3 Å². The SMILES string of the molecule is CCCCCC(=O)N1CCC2(CC1)C(=O)N(CC(=O)N1CCC(Cc3ccccc3)CC1)CN2c1ccccc1. The van der Waals surface area contributed by atoms with Crippen LogP contribution in [0.5, 0.6) is 0 Å². The van der Waals surface area contributed by atoms with Crippen LogP contribution < -0.4 is 4.90 Å². The number of carbonyl (C=O) groups is 3. The minimum Gasteiger partial charge on any atom is -0.342 e. The van der Waals surface area contributed by atoms with Crippen LogP contribution in [0.4, 0.5) is 5.69 Å². The van der Waals surface area contributed by atoms with Gasteiger partial charge in [-0.05, 0) is 62.1 Å². The molecule has 3 amide bonds. The van der Waals surface area contributed by atoms with E-state index in [1.807, 2.05) is 46.2 Å². The summed E-state index contributed by atoms with van der Waals surface area (Å²) in [5, 5.41) is 0. The van der Waals surface area contributed by atoms with Gasteiger partial charge in [-0.15, -0.1) is 0 Å². The molecule has 3 fully saturated rings. The molecule has 2 aromatic carbocycles. The quantitative estimate of drug-likeness (QED) is 0.429. The largest absolute Gasteiger partial charge is 0.342 e. The van der Waals surface area contributed by atoms with Gasteiger partial charge in [0, 0.05) is 38.3 Å². The van der Waals surface area contributed by atoms with E-state index in [-0.39, 0.29) is 24.3 Å². The smallest absolute Gasteiger partial charge is 0.250 e. The fraction of sp³-hybridized carbons (Fsp3) is 0.545. The van der Waals surface area contributed by atoms with E-state index in [4.69, 9.17) is 0 Å². The van der Waals surface area contributed by atoms with Crippen LogP contribution in [-0.2, 0) is 20.8 Å². The zero-order valence-corrected chi connectivity index (χ0v) is 24.0. The Balaban J connectivity index is 1.21. The van der Waals surface area contributed by atoms with Crippen LogP contribution in [0.3, 0.4) is 0 Å². The van der Waals surface area contributed by atoms with Crippen molar-refractivity contribution in [2.75, 3.05) is 44.3 Å². The summed E-state index contributed by atoms with van der Waals surface area (Å²) in [5.74, 6) is 0.858. The third kappa shape index (κ3) is 6.18. The number of rotatable bonds is 9. The standard InChI is InChI=1S/C33H44N4O3/c1-2-3-6-15-30(38)35-22-18-33(19-23-35)32(40)36(26-37(33)29-13-9-5-10-14-29)25-31(39)34-20-16-28(17-21-34)24-27-11-7-4-8-12-27/h4-5,7-14,28H,2-3,6,15-26H2,1H3. The molecule has 0 aromatic heterocycles. The van der Waals surface area contributed by atoms with Crippen LogP contribution in [0.2, 0.25) is 0 Å². The van der Waals surface area contributed by atoms with Crippen LogP contribution in [-0.4, -0.2) is 77.4 Å². The van der Waals surface area contributed by atoms with Gasteiger partial charge in [-0.2, -0.15) is 0 Å². The van der Waals surface area contributed by atoms with Gasteiger partial charge in [0.15, 0.2) is 0 Å². The van der Waals surface area contributed by atoms with Crippen LogP contribution in [0.25, 0.3) is 0 Å². The number of unbranched alkanes of at least 4 members (excludes halogenated alkanes) is 2. The lowest BCUT2D eigenvalue weighted by atomic mass is 9.85. The van der Waals surface area contributed by atoms with Gasteiger partial charge in [0.1, 0.15) is 12.1 Å². The second-order valence-electron chi connectivity index (χ2n) is 11.8. The van der Waals surface area contributed by atoms with Crippen LogP contribution in [0, 0.1) is 5.92 Å². The summed E-state index contributed by atoms with van der Waals surface area (Å²) < 4.78 is 0. The van der Waals surface area contributed by atoms with Crippen molar-refractivity contribution in [3.8, 4) is 0 Å². The van der Waals surface area contributed by atoms with Gasteiger partial charge in [0.05, 0.1) is 6.67 Å². The monoisotopic (exact) mass is 544 g/mol. The average molecular weight is 545 g/mol. The zero-order chi connectivity index (χ0) is 28.0. The topological polar surface area (TPSA) is 64.2 Å². The zero-order valence-electron chi connectivity index (χ0n) is 24.0. The van der Waals surface area contributed by atoms with Gasteiger partial charge >= 0.3 is 0 Å². The molecule has 1 spiro atoms. The molecule has 0 N–H and O–H groups in total. The first-order valence-corrected chi connectivity index (χ1v) is 15.2. The van der Waals surface area contributed by atoms with Crippen LogP contribution in [0.1, 0.15) is 63.9 Å². The molecule has 5 rings (SSSR count). The molecular weight excluding hydrogens is 500 g/mol. The Morgan fingerprint density at radius 1 is 0.825 bits per heavy atom. The van der Waals surface area contributed by atoms with E-state index >= 15 is 0 Å². The molecule has 0 radical (unpaired) electrons. The molecule has 7 heteroatoms. The Bertz CT molecular complexity index is 1140. The van der Waals surface area contributed by atoms with E-state index in [2.05, 4.69) is 36.1 Å². The third-order valence-corrected chi connectivity index (χ3v) is 9.18. The maximum Gasteiger partial charge on any atom is 0.250 e. The molecule has 214 valence electrons. The number of hydrogen-bond acceptors (Lipinski definition) is 4. The number of piperidine rings is 2. The van der Waals surface area contributed by atoms with Crippen molar-refractivity contribution in [3.05, 3.63) is 66.2 Å². The number of hydrogen-bond donors (Lipinski definition) is 0. The van der Waals surface area contributed by atoms with Crippen LogP contribution >= 0.6 is 0 Å². The first-order chi connectivity index (χ1) is 19.5. The van der Waals surface area contributed by atoms with Gasteiger partial charge in [-0.25, -0.2) is 0 Å². The van der Waals surface area contributed by atoms with E-state index in [9.17, 15) is 14.4 Å². The van der Waals surface area contributed by atoms with Crippen molar-refractivity contribution in [1.29, 1.82) is 0 Å². The van der Waals surface area contributed by atoms with Crippen molar-refractivity contribution < 1.29 is 14.4 Å². The Labute approximate surface area is 239 Å². The second kappa shape index (κ2) is 12.9. The van der Waals surface area contributed by atoms with E-state index in [1.165, 1.54) is 5.56 Å². The minimum absolute atomic E-state index is 0.0294. The molecule has 0 unspecified atom stereocenters. The Morgan fingerprint density at radius 2 is 1.45 bits per heavy atom. The lowest BCUT2D eigenvalue weighted by molar-refractivity contribution is -0.142. The lowest BCUT2D eigenvalue weighted by Crippen LogP contribution is -2.57. The highest BCUT2D eigenvalue weighted by molar-refractivity contribution is 5.96. The number of amides is 3. The molecule has 40 heavy (non-hydrogen) atoms. The molecule has 7 nitrogen and oxygen atoms in total. The van der Waals surface area contributed by atoms with Crippen molar-refractivity contribution in [2.24, 2.45) is 5.92 Å². The Kier molecular flexibility index (Phi) is 9.08. The Morgan fingerprint density at radius 3 is 2.10 bits per heavy atom. The fourth-order valence-electron chi connectivity index (χ4n) is 6.73. The van der Waals surface area contributed by atoms with Crippen molar-refractivity contribution in [3.63, 3.8) is 0 Å². The maximum atomic E-state index is 14.0. The minimum atomic E-state index is -0.704. The lowest BCUT2D eigenvalue weighted by Gasteiger charge is -2.43. The summed E-state index contributed by atoms with van der Waals surface area (Å²) in [6.07, 6.45) is 7.90. The molecule has 0 atom stereocenters. The molecule has 0 bridgehead atoms. The normalized spacial score (nSPS) is 19.5. The highest BCUT2D eigenvalue weighted by atomic mass is 16.2. The molecule has 2 aromatic rings. The number of para-hydroxylation sites is 1. The first-order valence-electron chi connectivity index (χ1n) is 15.2. The van der Waals surface area contributed by atoms with Crippen molar-refractivity contribution >= 4 is 23.4 Å². The summed E-state index contributed by atoms with van der Waals surface area (Å²) in [7, 11) is 0. The molecule has 3 aliphatic rings. The first kappa shape index (κ1) is 28.2. The van der Waals surface area contributed by atoms with Gasteiger partial charge in [0.25, 0.3) is 5.91 Å². The summed E-state index contributed by atoms with van der Waals surface area (Å²) in [6, 6.07) is 20.6. The van der Waals surface area contributed by atoms with Gasteiger partial charge in [-0.1, -0.05) is 68.3 Å².